The summed E-state index contributed by atoms with van der Waals surface area (Å²) in [5.41, 5.74) is 1.34. The van der Waals surface area contributed by atoms with Crippen molar-refractivity contribution in [3.05, 3.63) is 94.5 Å². The molecular weight excluding hydrogens is 547 g/mol. The van der Waals surface area contributed by atoms with Crippen molar-refractivity contribution < 1.29 is 13.2 Å². The van der Waals surface area contributed by atoms with E-state index in [2.05, 4.69) is 15.5 Å². The normalized spacial score (nSPS) is 11.3. The maximum atomic E-state index is 13.4. The van der Waals surface area contributed by atoms with Gasteiger partial charge in [-0.1, -0.05) is 94.8 Å². The molecular formula is C23H18Cl2N4O3S3. The molecule has 0 atom stereocenters. The number of carbonyl (C=O) groups is 1. The van der Waals surface area contributed by atoms with Gasteiger partial charge in [-0.25, -0.2) is 8.42 Å². The van der Waals surface area contributed by atoms with Gasteiger partial charge in [-0.05, 0) is 35.9 Å². The van der Waals surface area contributed by atoms with Gasteiger partial charge in [0, 0.05) is 5.75 Å². The van der Waals surface area contributed by atoms with E-state index in [4.69, 9.17) is 23.2 Å². The van der Waals surface area contributed by atoms with Crippen molar-refractivity contribution in [2.24, 2.45) is 0 Å². The fourth-order valence-electron chi connectivity index (χ4n) is 3.00. The van der Waals surface area contributed by atoms with Crippen molar-refractivity contribution in [1.29, 1.82) is 0 Å². The molecule has 0 unspecified atom stereocenters. The minimum absolute atomic E-state index is 0.0365. The number of benzene rings is 3. The first-order chi connectivity index (χ1) is 16.8. The number of carbonyl (C=O) groups excluding carboxylic acids is 1. The van der Waals surface area contributed by atoms with E-state index >= 15 is 0 Å². The highest BCUT2D eigenvalue weighted by atomic mass is 35.5. The van der Waals surface area contributed by atoms with Crippen LogP contribution in [0.15, 0.2) is 88.1 Å². The molecule has 0 saturated carbocycles. The minimum atomic E-state index is -4.07. The summed E-state index contributed by atoms with van der Waals surface area (Å²) in [6, 6.07) is 22.1. The zero-order valence-electron chi connectivity index (χ0n) is 18.0. The van der Waals surface area contributed by atoms with Crippen LogP contribution in [0.3, 0.4) is 0 Å². The molecule has 1 amide bonds. The van der Waals surface area contributed by atoms with E-state index in [-0.39, 0.29) is 25.8 Å². The Morgan fingerprint density at radius 3 is 2.31 bits per heavy atom. The number of nitrogens with zero attached hydrogens (tertiary/aromatic N) is 3. The van der Waals surface area contributed by atoms with Gasteiger partial charge < -0.3 is 0 Å². The molecule has 3 aromatic carbocycles. The molecule has 35 heavy (non-hydrogen) atoms. The van der Waals surface area contributed by atoms with Crippen LogP contribution in [0.25, 0.3) is 0 Å². The van der Waals surface area contributed by atoms with Crippen molar-refractivity contribution in [1.82, 2.24) is 10.2 Å². The van der Waals surface area contributed by atoms with Crippen LogP contribution >= 0.6 is 46.3 Å². The minimum Gasteiger partial charge on any atom is -0.299 e. The number of anilines is 2. The van der Waals surface area contributed by atoms with E-state index in [9.17, 15) is 13.2 Å². The van der Waals surface area contributed by atoms with Gasteiger partial charge in [0.1, 0.15) is 6.54 Å². The Morgan fingerprint density at radius 2 is 1.63 bits per heavy atom. The van der Waals surface area contributed by atoms with Crippen LogP contribution in [0, 0.1) is 0 Å². The van der Waals surface area contributed by atoms with Crippen LogP contribution < -0.4 is 9.62 Å². The van der Waals surface area contributed by atoms with E-state index in [0.717, 1.165) is 9.87 Å². The number of halogens is 2. The van der Waals surface area contributed by atoms with Crippen LogP contribution in [-0.2, 0) is 20.6 Å². The summed E-state index contributed by atoms with van der Waals surface area (Å²) >= 11 is 14.8. The van der Waals surface area contributed by atoms with Crippen molar-refractivity contribution in [3.63, 3.8) is 0 Å². The Bertz CT molecular complexity index is 1420. The Balaban J connectivity index is 1.51. The predicted octanol–water partition coefficient (Wildman–Crippen LogP) is 5.97. The summed E-state index contributed by atoms with van der Waals surface area (Å²) in [7, 11) is -4.07. The Labute approximate surface area is 221 Å². The lowest BCUT2D eigenvalue weighted by molar-refractivity contribution is -0.114. The molecule has 0 fully saturated rings. The quantitative estimate of drug-likeness (QED) is 0.199. The van der Waals surface area contributed by atoms with Gasteiger partial charge in [-0.15, -0.1) is 10.2 Å². The van der Waals surface area contributed by atoms with Gasteiger partial charge in [0.2, 0.25) is 11.0 Å². The molecule has 180 valence electrons. The number of aromatic nitrogens is 2. The van der Waals surface area contributed by atoms with Gasteiger partial charge in [-0.3, -0.25) is 14.4 Å². The average molecular weight is 566 g/mol. The number of thioether (sulfide) groups is 1. The summed E-state index contributed by atoms with van der Waals surface area (Å²) in [6.07, 6.45) is 0. The van der Waals surface area contributed by atoms with Crippen molar-refractivity contribution in [2.45, 2.75) is 15.0 Å². The average Bonchev–Trinajstić information content (AvgIpc) is 3.31. The van der Waals surface area contributed by atoms with Crippen LogP contribution in [0.1, 0.15) is 5.56 Å². The monoisotopic (exact) mass is 564 g/mol. The zero-order chi connectivity index (χ0) is 24.8. The van der Waals surface area contributed by atoms with Crippen LogP contribution in [-0.4, -0.2) is 31.1 Å². The molecule has 0 aliphatic heterocycles. The molecule has 0 radical (unpaired) electrons. The van der Waals surface area contributed by atoms with Gasteiger partial charge >= 0.3 is 0 Å². The van der Waals surface area contributed by atoms with Gasteiger partial charge in [-0.2, -0.15) is 0 Å². The molecule has 0 saturated heterocycles. The largest absolute Gasteiger partial charge is 0.299 e. The maximum absolute atomic E-state index is 13.4. The van der Waals surface area contributed by atoms with Gasteiger partial charge in [0.25, 0.3) is 10.0 Å². The summed E-state index contributed by atoms with van der Waals surface area (Å²) < 4.78 is 28.4. The SMILES string of the molecule is O=C(CN(c1ccc(Cl)c(Cl)c1)S(=O)(=O)c1ccccc1)Nc1nnc(SCc2ccccc2)s1. The molecule has 4 rings (SSSR count). The van der Waals surface area contributed by atoms with E-state index in [1.165, 1.54) is 53.4 Å². The molecule has 0 spiro atoms. The molecule has 12 heteroatoms. The Morgan fingerprint density at radius 1 is 0.943 bits per heavy atom. The van der Waals surface area contributed by atoms with Crippen LogP contribution in [0.5, 0.6) is 0 Å². The molecule has 0 aliphatic carbocycles. The van der Waals surface area contributed by atoms with Crippen molar-refractivity contribution in [3.8, 4) is 0 Å². The second-order valence-electron chi connectivity index (χ2n) is 7.12. The third-order valence-corrected chi connectivity index (χ3v) is 9.24. The number of sulfonamides is 1. The second-order valence-corrected chi connectivity index (χ2v) is 12.0. The van der Waals surface area contributed by atoms with Crippen molar-refractivity contribution in [2.75, 3.05) is 16.2 Å². The Hall–Kier alpha value is -2.63. The number of hydrogen-bond donors (Lipinski definition) is 1. The molecule has 7 nitrogen and oxygen atoms in total. The van der Waals surface area contributed by atoms with E-state index < -0.39 is 22.5 Å². The van der Waals surface area contributed by atoms with Gasteiger partial charge in [0.05, 0.1) is 20.6 Å². The summed E-state index contributed by atoms with van der Waals surface area (Å²) in [5, 5.41) is 11.4. The molecule has 0 bridgehead atoms. The third-order valence-electron chi connectivity index (χ3n) is 4.67. The van der Waals surface area contributed by atoms with E-state index in [0.29, 0.717) is 10.1 Å². The fourth-order valence-corrected chi connectivity index (χ4v) is 6.45. The summed E-state index contributed by atoms with van der Waals surface area (Å²) in [4.78, 5) is 12.9. The highest BCUT2D eigenvalue weighted by Crippen LogP contribution is 2.31. The number of hydrogen-bond acceptors (Lipinski definition) is 7. The summed E-state index contributed by atoms with van der Waals surface area (Å²) in [6.45, 7) is -0.499. The first-order valence-electron chi connectivity index (χ1n) is 10.2. The second kappa shape index (κ2) is 11.4. The lowest BCUT2D eigenvalue weighted by Crippen LogP contribution is -2.38. The summed E-state index contributed by atoms with van der Waals surface area (Å²) in [5.74, 6) is 0.135. The molecule has 1 aromatic heterocycles. The Kier molecular flexibility index (Phi) is 8.30. The zero-order valence-corrected chi connectivity index (χ0v) is 21.9. The first-order valence-corrected chi connectivity index (χ1v) is 14.2. The molecule has 1 N–H and O–H groups in total. The smallest absolute Gasteiger partial charge is 0.264 e. The van der Waals surface area contributed by atoms with Crippen LogP contribution in [0.2, 0.25) is 10.0 Å². The lowest BCUT2D eigenvalue weighted by atomic mass is 10.2. The van der Waals surface area contributed by atoms with Crippen LogP contribution in [0.4, 0.5) is 10.8 Å². The molecule has 0 aliphatic rings. The maximum Gasteiger partial charge on any atom is 0.264 e. The standard InChI is InChI=1S/C23H18Cl2N4O3S3/c24-19-12-11-17(13-20(19)25)29(35(31,32)18-9-5-2-6-10-18)14-21(30)26-22-27-28-23(34-22)33-15-16-7-3-1-4-8-16/h1-13H,14-15H2,(H,26,27,30). The molecule has 1 heterocycles. The number of amides is 1. The topological polar surface area (TPSA) is 92.3 Å². The highest BCUT2D eigenvalue weighted by molar-refractivity contribution is 8.00. The van der Waals surface area contributed by atoms with E-state index in [1.807, 2.05) is 30.3 Å². The highest BCUT2D eigenvalue weighted by Gasteiger charge is 2.28. The fraction of sp³-hybridized carbons (Fsp3) is 0.0870. The number of rotatable bonds is 9. The van der Waals surface area contributed by atoms with E-state index in [1.54, 1.807) is 18.2 Å². The first kappa shape index (κ1) is 25.5. The van der Waals surface area contributed by atoms with Crippen molar-refractivity contribution >= 4 is 73.0 Å². The number of nitrogens with one attached hydrogen (secondary N) is 1. The third kappa shape index (κ3) is 6.53. The lowest BCUT2D eigenvalue weighted by Gasteiger charge is -2.24. The molecule has 4 aromatic rings. The van der Waals surface area contributed by atoms with Gasteiger partial charge in [0.15, 0.2) is 4.34 Å². The predicted molar refractivity (Wildman–Crippen MR) is 142 cm³/mol.